The van der Waals surface area contributed by atoms with Crippen LogP contribution in [0.15, 0.2) is 70.0 Å². The van der Waals surface area contributed by atoms with Gasteiger partial charge in [-0.25, -0.2) is 9.79 Å². The molecule has 0 spiro atoms. The fourth-order valence-corrected chi connectivity index (χ4v) is 3.79. The van der Waals surface area contributed by atoms with E-state index in [9.17, 15) is 19.7 Å². The van der Waals surface area contributed by atoms with Gasteiger partial charge in [-0.2, -0.15) is 0 Å². The van der Waals surface area contributed by atoms with E-state index in [1.165, 1.54) is 18.3 Å². The predicted octanol–water partition coefficient (Wildman–Crippen LogP) is 5.66. The van der Waals surface area contributed by atoms with E-state index in [1.54, 1.807) is 36.5 Å². The summed E-state index contributed by atoms with van der Waals surface area (Å²) < 4.78 is 5.89. The molecule has 0 aliphatic carbocycles. The number of hydrogen-bond acceptors (Lipinski definition) is 7. The maximum atomic E-state index is 12.3. The number of hydrogen-bond donors (Lipinski definition) is 1. The molecule has 0 saturated carbocycles. The number of cyclic esters (lactones) is 1. The second-order valence-electron chi connectivity index (χ2n) is 6.84. The normalized spacial score (nSPS) is 14.0. The van der Waals surface area contributed by atoms with Gasteiger partial charge in [-0.05, 0) is 58.4 Å². The molecule has 1 amide bonds. The van der Waals surface area contributed by atoms with Gasteiger partial charge in [-0.3, -0.25) is 19.9 Å². The fraction of sp³-hybridized carbons (Fsp3) is 0. The minimum absolute atomic E-state index is 0.0323. The Labute approximate surface area is 210 Å². The van der Waals surface area contributed by atoms with Crippen molar-refractivity contribution >= 4 is 74.4 Å². The van der Waals surface area contributed by atoms with E-state index < -0.39 is 10.9 Å². The smallest absolute Gasteiger partial charge is 0.363 e. The second-order valence-corrected chi connectivity index (χ2v) is 8.57. The van der Waals surface area contributed by atoms with Gasteiger partial charge in [0.25, 0.3) is 11.6 Å². The molecule has 1 aliphatic heterocycles. The number of carbonyl (C=O) groups is 2. The van der Waals surface area contributed by atoms with Crippen molar-refractivity contribution in [1.82, 2.24) is 4.98 Å². The van der Waals surface area contributed by atoms with Gasteiger partial charge in [0.2, 0.25) is 5.90 Å². The van der Waals surface area contributed by atoms with Crippen molar-refractivity contribution < 1.29 is 19.2 Å². The number of benzene rings is 2. The first-order chi connectivity index (χ1) is 16.2. The molecule has 1 N–H and O–H groups in total. The van der Waals surface area contributed by atoms with Gasteiger partial charge in [0.05, 0.1) is 10.5 Å². The third-order valence-electron chi connectivity index (χ3n) is 4.53. The number of nitrogens with zero attached hydrogens (tertiary/aromatic N) is 3. The van der Waals surface area contributed by atoms with E-state index in [2.05, 4.69) is 31.2 Å². The Morgan fingerprint density at radius 2 is 1.85 bits per heavy atom. The quantitative estimate of drug-likeness (QED) is 0.185. The summed E-state index contributed by atoms with van der Waals surface area (Å²) in [7, 11) is 0. The van der Waals surface area contributed by atoms with E-state index in [0.717, 1.165) is 6.07 Å². The third kappa shape index (κ3) is 5.14. The van der Waals surface area contributed by atoms with E-state index in [-0.39, 0.29) is 38.8 Å². The van der Waals surface area contributed by atoms with Gasteiger partial charge in [0.1, 0.15) is 5.02 Å². The lowest BCUT2D eigenvalue weighted by molar-refractivity contribution is -0.384. The minimum atomic E-state index is -0.747. The minimum Gasteiger partial charge on any atom is -0.402 e. The SMILES string of the molecule is O=C1OC(c2ccc(NC(=O)c3cncc(Br)c3)cc2)=NC1=Cc1cc([N+](=O)[O-])c(Cl)cc1Cl. The summed E-state index contributed by atoms with van der Waals surface area (Å²) in [6, 6.07) is 10.5. The van der Waals surface area contributed by atoms with E-state index in [1.807, 2.05) is 0 Å². The van der Waals surface area contributed by atoms with Crippen molar-refractivity contribution in [3.8, 4) is 0 Å². The van der Waals surface area contributed by atoms with Gasteiger partial charge >= 0.3 is 5.97 Å². The highest BCUT2D eigenvalue weighted by molar-refractivity contribution is 9.10. The molecule has 34 heavy (non-hydrogen) atoms. The average Bonchev–Trinajstić information content (AvgIpc) is 3.16. The molecule has 3 aromatic rings. The molecule has 170 valence electrons. The Kier molecular flexibility index (Phi) is 6.73. The van der Waals surface area contributed by atoms with E-state index >= 15 is 0 Å². The summed E-state index contributed by atoms with van der Waals surface area (Å²) in [6.45, 7) is 0. The first-order valence-electron chi connectivity index (χ1n) is 9.39. The molecule has 1 aromatic heterocycles. The molecule has 9 nitrogen and oxygen atoms in total. The van der Waals surface area contributed by atoms with Crippen molar-refractivity contribution in [3.05, 3.63) is 102 Å². The zero-order valence-corrected chi connectivity index (χ0v) is 19.9. The summed E-state index contributed by atoms with van der Waals surface area (Å²) in [5.41, 5.74) is 1.11. The number of nitro groups is 1. The number of carbonyl (C=O) groups excluding carboxylic acids is 2. The number of pyridine rings is 1. The van der Waals surface area contributed by atoms with Crippen LogP contribution in [0, 0.1) is 10.1 Å². The van der Waals surface area contributed by atoms with Crippen LogP contribution < -0.4 is 5.32 Å². The molecule has 0 unspecified atom stereocenters. The first-order valence-corrected chi connectivity index (χ1v) is 10.9. The highest BCUT2D eigenvalue weighted by Crippen LogP contribution is 2.33. The molecule has 4 rings (SSSR count). The second kappa shape index (κ2) is 9.72. The van der Waals surface area contributed by atoms with E-state index in [4.69, 9.17) is 27.9 Å². The Balaban J connectivity index is 1.54. The molecule has 0 fully saturated rings. The number of nitro benzene ring substituents is 1. The molecule has 0 bridgehead atoms. The molecular weight excluding hydrogens is 551 g/mol. The summed E-state index contributed by atoms with van der Waals surface area (Å²) in [4.78, 5) is 43.2. The van der Waals surface area contributed by atoms with Gasteiger partial charge in [-0.1, -0.05) is 23.2 Å². The van der Waals surface area contributed by atoms with Crippen molar-refractivity contribution in [2.24, 2.45) is 4.99 Å². The van der Waals surface area contributed by atoms with Gasteiger partial charge < -0.3 is 10.1 Å². The standard InChI is InChI=1S/C22H11BrCl2N4O5/c23-14-5-13(9-26-10-14)20(30)27-15-3-1-11(2-4-15)21-28-18(22(31)34-21)6-12-7-19(29(32)33)17(25)8-16(12)24/h1-10H,(H,27,30). The van der Waals surface area contributed by atoms with Crippen LogP contribution >= 0.6 is 39.1 Å². The molecule has 1 aliphatic rings. The molecule has 0 radical (unpaired) electrons. The third-order valence-corrected chi connectivity index (χ3v) is 5.60. The summed E-state index contributed by atoms with van der Waals surface area (Å²) >= 11 is 15.2. The number of halogens is 3. The van der Waals surface area contributed by atoms with Crippen LogP contribution in [-0.4, -0.2) is 27.7 Å². The molecule has 0 atom stereocenters. The lowest BCUT2D eigenvalue weighted by Crippen LogP contribution is -2.12. The van der Waals surface area contributed by atoms with Crippen LogP contribution in [0.4, 0.5) is 11.4 Å². The lowest BCUT2D eigenvalue weighted by atomic mass is 10.1. The number of rotatable bonds is 5. The lowest BCUT2D eigenvalue weighted by Gasteiger charge is -2.06. The van der Waals surface area contributed by atoms with Crippen molar-refractivity contribution in [2.75, 3.05) is 5.32 Å². The molecule has 0 saturated heterocycles. The van der Waals surface area contributed by atoms with Crippen molar-refractivity contribution in [3.63, 3.8) is 0 Å². The van der Waals surface area contributed by atoms with Crippen LogP contribution in [-0.2, 0) is 9.53 Å². The maximum absolute atomic E-state index is 12.3. The fourth-order valence-electron chi connectivity index (χ4n) is 2.92. The van der Waals surface area contributed by atoms with Gasteiger partial charge in [0, 0.05) is 44.8 Å². The molecule has 2 heterocycles. The number of ether oxygens (including phenoxy) is 1. The Bertz CT molecular complexity index is 1410. The Morgan fingerprint density at radius 3 is 2.53 bits per heavy atom. The largest absolute Gasteiger partial charge is 0.402 e. The first kappa shape index (κ1) is 23.6. The highest BCUT2D eigenvalue weighted by atomic mass is 79.9. The highest BCUT2D eigenvalue weighted by Gasteiger charge is 2.25. The van der Waals surface area contributed by atoms with Crippen LogP contribution in [0.1, 0.15) is 21.5 Å². The summed E-state index contributed by atoms with van der Waals surface area (Å²) in [5.74, 6) is -1.06. The topological polar surface area (TPSA) is 124 Å². The number of amides is 1. The number of nitrogens with one attached hydrogen (secondary N) is 1. The molecule has 12 heteroatoms. The number of esters is 1. The van der Waals surface area contributed by atoms with Crippen LogP contribution in [0.2, 0.25) is 10.0 Å². The van der Waals surface area contributed by atoms with Crippen molar-refractivity contribution in [2.45, 2.75) is 0 Å². The van der Waals surface area contributed by atoms with E-state index in [0.29, 0.717) is 21.3 Å². The number of aromatic nitrogens is 1. The summed E-state index contributed by atoms with van der Waals surface area (Å²) in [5, 5.41) is 13.8. The van der Waals surface area contributed by atoms with Crippen LogP contribution in [0.5, 0.6) is 0 Å². The average molecular weight is 562 g/mol. The van der Waals surface area contributed by atoms with Crippen LogP contribution in [0.3, 0.4) is 0 Å². The Morgan fingerprint density at radius 1 is 1.12 bits per heavy atom. The number of anilines is 1. The Hall–Kier alpha value is -3.60. The molecule has 2 aromatic carbocycles. The predicted molar refractivity (Wildman–Crippen MR) is 130 cm³/mol. The zero-order valence-electron chi connectivity index (χ0n) is 16.8. The maximum Gasteiger partial charge on any atom is 0.363 e. The van der Waals surface area contributed by atoms with Crippen molar-refractivity contribution in [1.29, 1.82) is 0 Å². The molecular formula is C22H11BrCl2N4O5. The monoisotopic (exact) mass is 560 g/mol. The van der Waals surface area contributed by atoms with Gasteiger partial charge in [-0.15, -0.1) is 0 Å². The summed E-state index contributed by atoms with van der Waals surface area (Å²) in [6.07, 6.45) is 4.29. The zero-order chi connectivity index (χ0) is 24.4. The number of aliphatic imine (C=N–C) groups is 1. The van der Waals surface area contributed by atoms with Crippen LogP contribution in [0.25, 0.3) is 6.08 Å². The van der Waals surface area contributed by atoms with Gasteiger partial charge in [0.15, 0.2) is 5.70 Å².